The summed E-state index contributed by atoms with van der Waals surface area (Å²) >= 11 is 1.33. The van der Waals surface area contributed by atoms with Crippen LogP contribution in [0.2, 0.25) is 0 Å². The Bertz CT molecular complexity index is 828. The second-order valence-corrected chi connectivity index (χ2v) is 6.20. The largest absolute Gasteiger partial charge is 0.205 e. The average molecular weight is 324 g/mol. The third kappa shape index (κ3) is 2.50. The van der Waals surface area contributed by atoms with Crippen molar-refractivity contribution in [2.45, 2.75) is 19.8 Å². The van der Waals surface area contributed by atoms with Crippen LogP contribution in [0.1, 0.15) is 18.2 Å². The van der Waals surface area contributed by atoms with E-state index in [2.05, 4.69) is 0 Å². The Hall–Kier alpha value is -1.88. The Morgan fingerprint density at radius 3 is 2.23 bits per heavy atom. The van der Waals surface area contributed by atoms with Gasteiger partial charge in [0.05, 0.1) is 4.70 Å². The summed E-state index contributed by atoms with van der Waals surface area (Å²) in [5.41, 5.74) is 0.0523. The lowest BCUT2D eigenvalue weighted by Gasteiger charge is -2.06. The quantitative estimate of drug-likeness (QED) is 0.405. The summed E-state index contributed by atoms with van der Waals surface area (Å²) in [6.07, 6.45) is 1.81. The van der Waals surface area contributed by atoms with E-state index in [1.54, 1.807) is 6.07 Å². The summed E-state index contributed by atoms with van der Waals surface area (Å²) in [6.45, 7) is 2.04. The van der Waals surface area contributed by atoms with Crippen LogP contribution in [0.5, 0.6) is 0 Å². The molecule has 0 saturated heterocycles. The Labute approximate surface area is 129 Å². The van der Waals surface area contributed by atoms with E-state index in [9.17, 15) is 17.6 Å². The Morgan fingerprint density at radius 2 is 1.59 bits per heavy atom. The molecule has 0 radical (unpaired) electrons. The monoisotopic (exact) mass is 324 g/mol. The van der Waals surface area contributed by atoms with Gasteiger partial charge in [-0.15, -0.1) is 11.3 Å². The minimum Gasteiger partial charge on any atom is -0.205 e. The molecule has 0 bridgehead atoms. The first-order chi connectivity index (χ1) is 10.5. The maximum absolute atomic E-state index is 14.6. The molecule has 1 heterocycles. The molecule has 0 aliphatic heterocycles. The van der Waals surface area contributed by atoms with E-state index in [0.717, 1.165) is 35.2 Å². The van der Waals surface area contributed by atoms with Gasteiger partial charge in [-0.25, -0.2) is 17.6 Å². The zero-order valence-corrected chi connectivity index (χ0v) is 12.5. The van der Waals surface area contributed by atoms with E-state index in [0.29, 0.717) is 4.70 Å². The summed E-state index contributed by atoms with van der Waals surface area (Å²) in [5, 5.41) is 0.762. The fourth-order valence-corrected chi connectivity index (χ4v) is 3.62. The highest BCUT2D eigenvalue weighted by Crippen LogP contribution is 2.35. The molecular formula is C17H12F4S. The molecule has 1 aromatic heterocycles. The van der Waals surface area contributed by atoms with Crippen LogP contribution in [0, 0.1) is 23.3 Å². The van der Waals surface area contributed by atoms with Crippen molar-refractivity contribution in [2.24, 2.45) is 0 Å². The molecule has 3 rings (SSSR count). The molecule has 0 nitrogen and oxygen atoms in total. The molecule has 0 aliphatic rings. The first kappa shape index (κ1) is 15.0. The van der Waals surface area contributed by atoms with Crippen LogP contribution in [0.3, 0.4) is 0 Å². The van der Waals surface area contributed by atoms with Crippen LogP contribution in [0.15, 0.2) is 30.3 Å². The summed E-state index contributed by atoms with van der Waals surface area (Å²) in [4.78, 5) is 1.06. The number of aryl methyl sites for hydroxylation is 1. The van der Waals surface area contributed by atoms with Crippen molar-refractivity contribution >= 4 is 21.4 Å². The zero-order chi connectivity index (χ0) is 15.9. The summed E-state index contributed by atoms with van der Waals surface area (Å²) in [7, 11) is 0. The topological polar surface area (TPSA) is 0 Å². The smallest absolute Gasteiger partial charge is 0.194 e. The number of benzene rings is 2. The van der Waals surface area contributed by atoms with Gasteiger partial charge in [-0.05, 0) is 35.6 Å². The first-order valence-electron chi connectivity index (χ1n) is 6.87. The van der Waals surface area contributed by atoms with Gasteiger partial charge in [0.1, 0.15) is 5.82 Å². The zero-order valence-electron chi connectivity index (χ0n) is 11.7. The van der Waals surface area contributed by atoms with Gasteiger partial charge in [-0.3, -0.25) is 0 Å². The maximum Gasteiger partial charge on any atom is 0.194 e. The van der Waals surface area contributed by atoms with Gasteiger partial charge in [0.2, 0.25) is 0 Å². The fraction of sp³-hybridized carbons (Fsp3) is 0.176. The highest BCUT2D eigenvalue weighted by molar-refractivity contribution is 7.19. The van der Waals surface area contributed by atoms with Crippen molar-refractivity contribution in [1.29, 1.82) is 0 Å². The molecule has 0 unspecified atom stereocenters. The van der Waals surface area contributed by atoms with Crippen LogP contribution >= 0.6 is 11.3 Å². The van der Waals surface area contributed by atoms with Crippen molar-refractivity contribution in [3.8, 4) is 11.1 Å². The van der Waals surface area contributed by atoms with E-state index >= 15 is 0 Å². The molecule has 0 N–H and O–H groups in total. The predicted molar refractivity (Wildman–Crippen MR) is 81.1 cm³/mol. The Morgan fingerprint density at radius 1 is 0.909 bits per heavy atom. The summed E-state index contributed by atoms with van der Waals surface area (Å²) in [5.74, 6) is -4.73. The third-order valence-corrected chi connectivity index (χ3v) is 4.67. The van der Waals surface area contributed by atoms with Gasteiger partial charge in [-0.2, -0.15) is 0 Å². The molecule has 0 atom stereocenters. The highest BCUT2D eigenvalue weighted by atomic mass is 32.1. The number of fused-ring (bicyclic) bond motifs is 1. The van der Waals surface area contributed by atoms with E-state index in [-0.39, 0.29) is 11.1 Å². The molecular weight excluding hydrogens is 312 g/mol. The van der Waals surface area contributed by atoms with Crippen molar-refractivity contribution in [1.82, 2.24) is 0 Å². The molecule has 0 spiro atoms. The van der Waals surface area contributed by atoms with Crippen molar-refractivity contribution in [3.05, 3.63) is 58.5 Å². The molecule has 0 saturated carbocycles. The Kier molecular flexibility index (Phi) is 3.91. The predicted octanol–water partition coefficient (Wildman–Crippen LogP) is 6.08. The normalized spacial score (nSPS) is 11.3. The van der Waals surface area contributed by atoms with Gasteiger partial charge >= 0.3 is 0 Å². The van der Waals surface area contributed by atoms with Crippen molar-refractivity contribution in [3.63, 3.8) is 0 Å². The number of thiophene rings is 1. The van der Waals surface area contributed by atoms with Crippen LogP contribution in [-0.4, -0.2) is 0 Å². The summed E-state index contributed by atoms with van der Waals surface area (Å²) in [6, 6.07) is 6.71. The lowest BCUT2D eigenvalue weighted by molar-refractivity contribution is 0.447. The van der Waals surface area contributed by atoms with Gasteiger partial charge in [-0.1, -0.05) is 25.5 Å². The molecule has 114 valence electrons. The maximum atomic E-state index is 14.6. The third-order valence-electron chi connectivity index (χ3n) is 3.47. The summed E-state index contributed by atoms with van der Waals surface area (Å²) < 4.78 is 54.8. The van der Waals surface area contributed by atoms with Crippen LogP contribution in [0.4, 0.5) is 17.6 Å². The van der Waals surface area contributed by atoms with Gasteiger partial charge in [0.25, 0.3) is 0 Å². The molecule has 22 heavy (non-hydrogen) atoms. The van der Waals surface area contributed by atoms with Crippen molar-refractivity contribution in [2.75, 3.05) is 0 Å². The lowest BCUT2D eigenvalue weighted by Crippen LogP contribution is -1.93. The molecule has 5 heteroatoms. The Balaban J connectivity index is 2.17. The van der Waals surface area contributed by atoms with E-state index in [4.69, 9.17) is 0 Å². The van der Waals surface area contributed by atoms with E-state index in [1.807, 2.05) is 13.0 Å². The SMILES string of the molecule is CCCc1cc2ccc(-c3cc(F)c(F)c(F)c3)c(F)c2s1. The molecule has 0 aliphatic carbocycles. The van der Waals surface area contributed by atoms with Crippen LogP contribution in [-0.2, 0) is 6.42 Å². The minimum absolute atomic E-state index is 0.0127. The van der Waals surface area contributed by atoms with Gasteiger partial charge < -0.3 is 0 Å². The number of rotatable bonds is 3. The number of hydrogen-bond donors (Lipinski definition) is 0. The van der Waals surface area contributed by atoms with E-state index < -0.39 is 23.3 Å². The number of hydrogen-bond acceptors (Lipinski definition) is 1. The second-order valence-electron chi connectivity index (χ2n) is 5.06. The molecule has 0 amide bonds. The standard InChI is InChI=1S/C17H12F4S/c1-2-3-11-6-9-4-5-12(15(20)17(9)22-11)10-7-13(18)16(21)14(19)8-10/h4-8H,2-3H2,1H3. The number of halogens is 4. The van der Waals surface area contributed by atoms with Crippen LogP contribution < -0.4 is 0 Å². The van der Waals surface area contributed by atoms with Crippen LogP contribution in [0.25, 0.3) is 21.2 Å². The highest BCUT2D eigenvalue weighted by Gasteiger charge is 2.16. The van der Waals surface area contributed by atoms with Gasteiger partial charge in [0.15, 0.2) is 17.5 Å². The molecule has 3 aromatic rings. The molecule has 0 fully saturated rings. The average Bonchev–Trinajstić information content (AvgIpc) is 2.89. The molecule has 2 aromatic carbocycles. The second kappa shape index (κ2) is 5.72. The fourth-order valence-electron chi connectivity index (χ4n) is 2.43. The van der Waals surface area contributed by atoms with E-state index in [1.165, 1.54) is 17.4 Å². The minimum atomic E-state index is -1.55. The van der Waals surface area contributed by atoms with Crippen molar-refractivity contribution < 1.29 is 17.6 Å². The first-order valence-corrected chi connectivity index (χ1v) is 7.68. The lowest BCUT2D eigenvalue weighted by atomic mass is 10.0. The van der Waals surface area contributed by atoms with Gasteiger partial charge in [0, 0.05) is 10.4 Å².